The molecule has 0 bridgehead atoms. The molecular weight excluding hydrogens is 542 g/mol. The van der Waals surface area contributed by atoms with E-state index in [0.717, 1.165) is 0 Å². The molecule has 1 heterocycles. The summed E-state index contributed by atoms with van der Waals surface area (Å²) in [5, 5.41) is 18.9. The van der Waals surface area contributed by atoms with E-state index in [1.807, 2.05) is 26.8 Å². The second-order valence-electron chi connectivity index (χ2n) is 11.3. The summed E-state index contributed by atoms with van der Waals surface area (Å²) in [5.74, 6) is -2.76. The molecule has 12 nitrogen and oxygen atoms in total. The van der Waals surface area contributed by atoms with Crippen molar-refractivity contribution >= 4 is 29.7 Å². The van der Waals surface area contributed by atoms with Crippen molar-refractivity contribution < 1.29 is 33.8 Å². The number of aliphatic hydroxyl groups is 1. The predicted octanol–water partition coefficient (Wildman–Crippen LogP) is 0.761. The second kappa shape index (κ2) is 14.4. The highest BCUT2D eigenvalue weighted by Crippen LogP contribution is 2.21. The molecule has 4 atom stereocenters. The van der Waals surface area contributed by atoms with E-state index in [0.29, 0.717) is 17.5 Å². The minimum atomic E-state index is -1.72. The lowest BCUT2D eigenvalue weighted by Crippen LogP contribution is -2.65. The summed E-state index contributed by atoms with van der Waals surface area (Å²) in [6, 6.07) is 14.4. The van der Waals surface area contributed by atoms with E-state index < -0.39 is 60.0 Å². The Morgan fingerprint density at radius 1 is 0.976 bits per heavy atom. The molecule has 5 amide bonds. The van der Waals surface area contributed by atoms with Crippen LogP contribution in [0.3, 0.4) is 0 Å². The van der Waals surface area contributed by atoms with Gasteiger partial charge in [0.15, 0.2) is 6.10 Å². The molecule has 1 unspecified atom stereocenters. The molecule has 2 aromatic carbocycles. The van der Waals surface area contributed by atoms with Gasteiger partial charge in [0.1, 0.15) is 18.7 Å². The van der Waals surface area contributed by atoms with Crippen LogP contribution >= 0.6 is 0 Å². The summed E-state index contributed by atoms with van der Waals surface area (Å²) in [4.78, 5) is 64.8. The van der Waals surface area contributed by atoms with Gasteiger partial charge in [0.05, 0.1) is 12.5 Å². The third-order valence-electron chi connectivity index (χ3n) is 6.59. The van der Waals surface area contributed by atoms with Crippen molar-refractivity contribution in [1.82, 2.24) is 20.9 Å². The fourth-order valence-corrected chi connectivity index (χ4v) is 4.43. The lowest BCUT2D eigenvalue weighted by atomic mass is 9.95. The van der Waals surface area contributed by atoms with E-state index in [1.165, 1.54) is 4.90 Å². The minimum absolute atomic E-state index is 0.0495. The van der Waals surface area contributed by atoms with Crippen molar-refractivity contribution in [2.75, 3.05) is 6.54 Å². The Hall–Kier alpha value is -4.45. The first kappa shape index (κ1) is 32.1. The number of rotatable bonds is 12. The van der Waals surface area contributed by atoms with Crippen LogP contribution in [0.4, 0.5) is 4.79 Å². The maximum Gasteiger partial charge on any atom is 0.408 e. The standard InChI is InChI=1S/C30H39N5O7/c1-30(2,3)34-27(39)23-14-15-35(23)28(40)25(37)21(16-19-10-6-4-7-11-19)32-26(38)22(17-24(31)36)33-29(41)42-18-20-12-8-5-9-13-20/h4-13,21-23,25,37H,14-18H2,1-3H3,(H2,31,36)(H,32,38)(H,33,41)(H,34,39)/t21-,22-,23?,25-/m1/s1. The van der Waals surface area contributed by atoms with Crippen molar-refractivity contribution in [1.29, 1.82) is 0 Å². The van der Waals surface area contributed by atoms with Crippen molar-refractivity contribution in [2.45, 2.75) is 76.4 Å². The lowest BCUT2D eigenvalue weighted by Gasteiger charge is -2.42. The number of benzene rings is 2. The van der Waals surface area contributed by atoms with Crippen molar-refractivity contribution in [3.63, 3.8) is 0 Å². The minimum Gasteiger partial charge on any atom is -0.445 e. The molecule has 12 heteroatoms. The van der Waals surface area contributed by atoms with Gasteiger partial charge in [-0.3, -0.25) is 19.2 Å². The van der Waals surface area contributed by atoms with Crippen LogP contribution in [0, 0.1) is 0 Å². The number of nitrogens with zero attached hydrogens (tertiary/aromatic N) is 1. The van der Waals surface area contributed by atoms with Gasteiger partial charge in [-0.05, 0) is 44.7 Å². The van der Waals surface area contributed by atoms with E-state index in [-0.39, 0.29) is 25.5 Å². The summed E-state index contributed by atoms with van der Waals surface area (Å²) in [7, 11) is 0. The molecule has 0 aliphatic carbocycles. The van der Waals surface area contributed by atoms with E-state index in [4.69, 9.17) is 10.5 Å². The Balaban J connectivity index is 1.73. The Morgan fingerprint density at radius 2 is 1.57 bits per heavy atom. The van der Waals surface area contributed by atoms with Crippen molar-refractivity contribution in [2.24, 2.45) is 5.73 Å². The number of nitrogens with two attached hydrogens (primary N) is 1. The Bertz CT molecular complexity index is 1250. The number of hydrogen-bond donors (Lipinski definition) is 5. The third kappa shape index (κ3) is 9.58. The molecule has 0 radical (unpaired) electrons. The summed E-state index contributed by atoms with van der Waals surface area (Å²) in [5.41, 5.74) is 6.25. The zero-order valence-electron chi connectivity index (χ0n) is 24.0. The quantitative estimate of drug-likeness (QED) is 0.245. The number of amides is 5. The number of carbonyl (C=O) groups excluding carboxylic acids is 5. The normalized spacial score (nSPS) is 16.7. The molecule has 0 spiro atoms. The first-order valence-electron chi connectivity index (χ1n) is 13.7. The lowest BCUT2D eigenvalue weighted by molar-refractivity contribution is -0.156. The summed E-state index contributed by atoms with van der Waals surface area (Å²) in [6.07, 6.45) is -2.74. The highest BCUT2D eigenvalue weighted by molar-refractivity contribution is 5.93. The largest absolute Gasteiger partial charge is 0.445 e. The molecule has 0 aromatic heterocycles. The van der Waals surface area contributed by atoms with E-state index in [1.54, 1.807) is 54.6 Å². The van der Waals surface area contributed by atoms with Gasteiger partial charge in [-0.2, -0.15) is 0 Å². The monoisotopic (exact) mass is 581 g/mol. The van der Waals surface area contributed by atoms with Crippen molar-refractivity contribution in [3.05, 3.63) is 71.8 Å². The molecule has 0 saturated carbocycles. The highest BCUT2D eigenvalue weighted by atomic mass is 16.5. The van der Waals surface area contributed by atoms with Gasteiger partial charge in [-0.15, -0.1) is 0 Å². The van der Waals surface area contributed by atoms with E-state index in [9.17, 15) is 29.1 Å². The van der Waals surface area contributed by atoms with Gasteiger partial charge in [-0.25, -0.2) is 4.79 Å². The van der Waals surface area contributed by atoms with Crippen molar-refractivity contribution in [3.8, 4) is 0 Å². The molecule has 2 aromatic rings. The van der Waals surface area contributed by atoms with Crippen LogP contribution in [0.2, 0.25) is 0 Å². The third-order valence-corrected chi connectivity index (χ3v) is 6.59. The summed E-state index contributed by atoms with van der Waals surface area (Å²) < 4.78 is 5.17. The SMILES string of the molecule is CC(C)(C)NC(=O)C1CCN1C(=O)[C@H](O)[C@@H](Cc1ccccc1)NC(=O)[C@@H](CC(N)=O)NC(=O)OCc1ccccc1. The molecule has 1 fully saturated rings. The highest BCUT2D eigenvalue weighted by Gasteiger charge is 2.43. The molecule has 6 N–H and O–H groups in total. The van der Waals surface area contributed by atoms with Gasteiger partial charge < -0.3 is 36.4 Å². The van der Waals surface area contributed by atoms with Gasteiger partial charge in [0.25, 0.3) is 5.91 Å². The number of nitrogens with one attached hydrogen (secondary N) is 3. The Labute approximate surface area is 245 Å². The summed E-state index contributed by atoms with van der Waals surface area (Å²) in [6.45, 7) is 5.67. The molecule has 1 aliphatic heterocycles. The van der Waals surface area contributed by atoms with Gasteiger partial charge in [0, 0.05) is 12.1 Å². The van der Waals surface area contributed by atoms with Crippen LogP contribution in [-0.2, 0) is 36.9 Å². The van der Waals surface area contributed by atoms with Crippen LogP contribution in [0.25, 0.3) is 0 Å². The van der Waals surface area contributed by atoms with Gasteiger partial charge in [-0.1, -0.05) is 60.7 Å². The molecule has 1 saturated heterocycles. The molecule has 3 rings (SSSR count). The number of primary amides is 1. The topological polar surface area (TPSA) is 180 Å². The first-order valence-corrected chi connectivity index (χ1v) is 13.7. The number of likely N-dealkylation sites (tertiary alicyclic amines) is 1. The van der Waals surface area contributed by atoms with Crippen LogP contribution in [0.1, 0.15) is 44.7 Å². The fraction of sp³-hybridized carbons (Fsp3) is 0.433. The first-order chi connectivity index (χ1) is 19.8. The second-order valence-corrected chi connectivity index (χ2v) is 11.3. The number of hydrogen-bond acceptors (Lipinski definition) is 7. The van der Waals surface area contributed by atoms with Crippen LogP contribution < -0.4 is 21.7 Å². The van der Waals surface area contributed by atoms with Gasteiger partial charge in [0.2, 0.25) is 17.7 Å². The Morgan fingerprint density at radius 3 is 2.10 bits per heavy atom. The molecule has 226 valence electrons. The van der Waals surface area contributed by atoms with Crippen LogP contribution in [0.5, 0.6) is 0 Å². The van der Waals surface area contributed by atoms with Crippen LogP contribution in [0.15, 0.2) is 60.7 Å². The number of carbonyl (C=O) groups is 5. The maximum atomic E-state index is 13.3. The smallest absolute Gasteiger partial charge is 0.408 e. The van der Waals surface area contributed by atoms with Gasteiger partial charge >= 0.3 is 6.09 Å². The maximum absolute atomic E-state index is 13.3. The average molecular weight is 582 g/mol. The number of aliphatic hydroxyl groups excluding tert-OH is 1. The number of ether oxygens (including phenoxy) is 1. The molecule has 1 aliphatic rings. The zero-order chi connectivity index (χ0) is 30.9. The van der Waals surface area contributed by atoms with Crippen LogP contribution in [-0.4, -0.2) is 76.0 Å². The van der Waals surface area contributed by atoms with E-state index in [2.05, 4.69) is 16.0 Å². The fourth-order valence-electron chi connectivity index (χ4n) is 4.43. The predicted molar refractivity (Wildman–Crippen MR) is 153 cm³/mol. The average Bonchev–Trinajstić information content (AvgIpc) is 2.90. The molecule has 42 heavy (non-hydrogen) atoms. The summed E-state index contributed by atoms with van der Waals surface area (Å²) >= 11 is 0. The number of alkyl carbamates (subject to hydrolysis) is 1. The van der Waals surface area contributed by atoms with E-state index >= 15 is 0 Å². The zero-order valence-corrected chi connectivity index (χ0v) is 24.0. The molecular formula is C30H39N5O7. The Kier molecular flexibility index (Phi) is 11.0.